The average Bonchev–Trinajstić information content (AvgIpc) is 3.19. The number of imidazole rings is 1. The first kappa shape index (κ1) is 18.3. The van der Waals surface area contributed by atoms with Crippen molar-refractivity contribution in [2.45, 2.75) is 53.4 Å². The van der Waals surface area contributed by atoms with E-state index in [1.54, 1.807) is 6.20 Å². The van der Waals surface area contributed by atoms with Gasteiger partial charge in [0.25, 0.3) is 0 Å². The maximum absolute atomic E-state index is 4.53. The van der Waals surface area contributed by atoms with Crippen LogP contribution in [0.25, 0.3) is 5.52 Å². The van der Waals surface area contributed by atoms with Gasteiger partial charge in [0.1, 0.15) is 5.82 Å². The van der Waals surface area contributed by atoms with E-state index in [-0.39, 0.29) is 10.8 Å². The van der Waals surface area contributed by atoms with Crippen molar-refractivity contribution in [1.29, 1.82) is 0 Å². The van der Waals surface area contributed by atoms with Crippen molar-refractivity contribution in [3.8, 4) is 0 Å². The number of pyridine rings is 2. The van der Waals surface area contributed by atoms with Gasteiger partial charge in [-0.15, -0.1) is 0 Å². The summed E-state index contributed by atoms with van der Waals surface area (Å²) >= 11 is 0. The third-order valence-electron chi connectivity index (χ3n) is 4.44. The highest BCUT2D eigenvalue weighted by Crippen LogP contribution is 2.30. The third kappa shape index (κ3) is 3.85. The Hall–Kier alpha value is -2.49. The Labute approximate surface area is 156 Å². The van der Waals surface area contributed by atoms with Crippen LogP contribution in [-0.4, -0.2) is 20.1 Å². The van der Waals surface area contributed by atoms with E-state index in [0.717, 1.165) is 23.6 Å². The zero-order chi connectivity index (χ0) is 18.9. The van der Waals surface area contributed by atoms with Crippen LogP contribution in [0.15, 0.2) is 53.9 Å². The fourth-order valence-electron chi connectivity index (χ4n) is 2.95. The SMILES string of the molecule is CC(C)(C)C1=Nc2ncccc2C1.CC(C)(C)c1ncc2ccccn12. The van der Waals surface area contributed by atoms with E-state index in [0.29, 0.717) is 0 Å². The molecule has 1 aliphatic rings. The molecule has 3 aromatic rings. The van der Waals surface area contributed by atoms with E-state index in [1.807, 2.05) is 24.4 Å². The molecule has 3 aromatic heterocycles. The summed E-state index contributed by atoms with van der Waals surface area (Å²) < 4.78 is 2.14. The Balaban J connectivity index is 0.000000151. The van der Waals surface area contributed by atoms with Crippen molar-refractivity contribution in [2.75, 3.05) is 0 Å². The first-order chi connectivity index (χ1) is 12.2. The topological polar surface area (TPSA) is 42.5 Å². The van der Waals surface area contributed by atoms with Gasteiger partial charge in [-0.05, 0) is 18.2 Å². The normalized spacial score (nSPS) is 13.8. The Morgan fingerprint density at radius 1 is 0.885 bits per heavy atom. The smallest absolute Gasteiger partial charge is 0.155 e. The minimum atomic E-state index is 0.105. The molecule has 26 heavy (non-hydrogen) atoms. The minimum Gasteiger partial charge on any atom is -0.303 e. The predicted molar refractivity (Wildman–Crippen MR) is 108 cm³/mol. The molecular formula is C22H28N4. The molecule has 0 fully saturated rings. The van der Waals surface area contributed by atoms with E-state index >= 15 is 0 Å². The van der Waals surface area contributed by atoms with Crippen molar-refractivity contribution < 1.29 is 0 Å². The molecule has 0 saturated heterocycles. The van der Waals surface area contributed by atoms with Crippen LogP contribution in [0.2, 0.25) is 0 Å². The van der Waals surface area contributed by atoms with Gasteiger partial charge in [-0.2, -0.15) is 0 Å². The third-order valence-corrected chi connectivity index (χ3v) is 4.44. The Kier molecular flexibility index (Phi) is 4.70. The van der Waals surface area contributed by atoms with Crippen LogP contribution >= 0.6 is 0 Å². The van der Waals surface area contributed by atoms with Crippen molar-refractivity contribution >= 4 is 17.0 Å². The fourth-order valence-corrected chi connectivity index (χ4v) is 2.95. The lowest BCUT2D eigenvalue weighted by molar-refractivity contribution is 0.543. The molecule has 0 radical (unpaired) electrons. The van der Waals surface area contributed by atoms with Crippen LogP contribution in [0.5, 0.6) is 0 Å². The second kappa shape index (κ2) is 6.67. The van der Waals surface area contributed by atoms with Gasteiger partial charge in [-0.3, -0.25) is 0 Å². The van der Waals surface area contributed by atoms with Gasteiger partial charge in [-0.25, -0.2) is 15.0 Å². The Bertz CT molecular complexity index is 936. The van der Waals surface area contributed by atoms with Gasteiger partial charge in [0.15, 0.2) is 5.82 Å². The molecule has 136 valence electrons. The highest BCUT2D eigenvalue weighted by molar-refractivity contribution is 5.96. The lowest BCUT2D eigenvalue weighted by Crippen LogP contribution is -2.19. The maximum atomic E-state index is 4.53. The van der Waals surface area contributed by atoms with Crippen molar-refractivity contribution in [3.05, 3.63) is 60.3 Å². The molecule has 0 saturated carbocycles. The lowest BCUT2D eigenvalue weighted by atomic mass is 9.88. The molecule has 4 rings (SSSR count). The Morgan fingerprint density at radius 3 is 2.31 bits per heavy atom. The van der Waals surface area contributed by atoms with Crippen molar-refractivity contribution in [3.63, 3.8) is 0 Å². The van der Waals surface area contributed by atoms with Crippen LogP contribution in [0, 0.1) is 5.41 Å². The van der Waals surface area contributed by atoms with Gasteiger partial charge in [0, 0.05) is 40.9 Å². The molecule has 0 bridgehead atoms. The van der Waals surface area contributed by atoms with Gasteiger partial charge in [0.2, 0.25) is 0 Å². The lowest BCUT2D eigenvalue weighted by Gasteiger charge is -2.17. The Morgan fingerprint density at radius 2 is 1.65 bits per heavy atom. The standard InChI is InChI=1S/2C11H14N2/c1-11(2,3)9-7-8-5-4-6-12-10(8)13-9;1-11(2,3)10-12-8-9-6-4-5-7-13(9)10/h4-6H,7H2,1-3H3;4-8H,1-3H3. The molecule has 0 amide bonds. The summed E-state index contributed by atoms with van der Waals surface area (Å²) in [4.78, 5) is 13.2. The monoisotopic (exact) mass is 348 g/mol. The highest BCUT2D eigenvalue weighted by atomic mass is 15.0. The van der Waals surface area contributed by atoms with E-state index < -0.39 is 0 Å². The summed E-state index contributed by atoms with van der Waals surface area (Å²) in [6.45, 7) is 13.1. The summed E-state index contributed by atoms with van der Waals surface area (Å²) in [5.41, 5.74) is 3.93. The van der Waals surface area contributed by atoms with E-state index in [9.17, 15) is 0 Å². The van der Waals surface area contributed by atoms with Crippen LogP contribution in [0.4, 0.5) is 5.82 Å². The van der Waals surface area contributed by atoms with E-state index in [1.165, 1.54) is 11.3 Å². The molecule has 0 aliphatic carbocycles. The molecule has 0 unspecified atom stereocenters. The predicted octanol–water partition coefficient (Wildman–Crippen LogP) is 5.39. The number of aliphatic imine (C=N–C) groups is 1. The zero-order valence-electron chi connectivity index (χ0n) is 16.6. The molecule has 0 aromatic carbocycles. The van der Waals surface area contributed by atoms with Gasteiger partial charge >= 0.3 is 0 Å². The molecule has 4 heterocycles. The van der Waals surface area contributed by atoms with E-state index in [4.69, 9.17) is 0 Å². The first-order valence-corrected chi connectivity index (χ1v) is 9.11. The summed E-state index contributed by atoms with van der Waals surface area (Å²) in [7, 11) is 0. The molecule has 4 heteroatoms. The molecule has 0 N–H and O–H groups in total. The quantitative estimate of drug-likeness (QED) is 0.547. The summed E-state index contributed by atoms with van der Waals surface area (Å²) in [5, 5.41) is 0. The number of nitrogens with zero attached hydrogens (tertiary/aromatic N) is 4. The van der Waals surface area contributed by atoms with Crippen molar-refractivity contribution in [2.24, 2.45) is 10.4 Å². The van der Waals surface area contributed by atoms with Crippen LogP contribution in [0.3, 0.4) is 0 Å². The molecule has 1 aliphatic heterocycles. The van der Waals surface area contributed by atoms with Gasteiger partial charge < -0.3 is 4.40 Å². The molecule has 4 nitrogen and oxygen atoms in total. The van der Waals surface area contributed by atoms with Gasteiger partial charge in [-0.1, -0.05) is 53.7 Å². The summed E-state index contributed by atoms with van der Waals surface area (Å²) in [6.07, 6.45) is 6.74. The van der Waals surface area contributed by atoms with E-state index in [2.05, 4.69) is 79.2 Å². The number of rotatable bonds is 0. The molecule has 0 atom stereocenters. The van der Waals surface area contributed by atoms with Crippen LogP contribution < -0.4 is 0 Å². The fraction of sp³-hybridized carbons (Fsp3) is 0.409. The van der Waals surface area contributed by atoms with Crippen LogP contribution in [-0.2, 0) is 11.8 Å². The number of hydrogen-bond donors (Lipinski definition) is 0. The largest absolute Gasteiger partial charge is 0.303 e. The number of hydrogen-bond acceptors (Lipinski definition) is 3. The first-order valence-electron chi connectivity index (χ1n) is 9.11. The minimum absolute atomic E-state index is 0.105. The highest BCUT2D eigenvalue weighted by Gasteiger charge is 2.25. The average molecular weight is 348 g/mol. The second-order valence-electron chi connectivity index (χ2n) is 8.80. The summed E-state index contributed by atoms with van der Waals surface area (Å²) in [6, 6.07) is 10.2. The maximum Gasteiger partial charge on any atom is 0.155 e. The molecule has 0 spiro atoms. The van der Waals surface area contributed by atoms with Crippen LogP contribution in [0.1, 0.15) is 52.9 Å². The second-order valence-corrected chi connectivity index (χ2v) is 8.80. The van der Waals surface area contributed by atoms with Crippen molar-refractivity contribution in [1.82, 2.24) is 14.4 Å². The molecular weight excluding hydrogens is 320 g/mol. The zero-order valence-corrected chi connectivity index (χ0v) is 16.6. The summed E-state index contributed by atoms with van der Waals surface area (Å²) in [5.74, 6) is 2.02. The number of fused-ring (bicyclic) bond motifs is 2. The van der Waals surface area contributed by atoms with Gasteiger partial charge in [0.05, 0.1) is 11.7 Å². The number of aromatic nitrogens is 3.